The van der Waals surface area contributed by atoms with Gasteiger partial charge in [-0.1, -0.05) is 64.2 Å². The first-order valence-electron chi connectivity index (χ1n) is 7.22. The van der Waals surface area contributed by atoms with E-state index in [0.717, 1.165) is 12.0 Å². The third kappa shape index (κ3) is 5.39. The van der Waals surface area contributed by atoms with Crippen molar-refractivity contribution in [3.8, 4) is 5.75 Å². The second-order valence-electron chi connectivity index (χ2n) is 4.97. The number of unbranched alkanes of at least 4 members (excludes halogenated alkanes) is 6. The Kier molecular flexibility index (Phi) is 7.24. The lowest BCUT2D eigenvalue weighted by atomic mass is 10.0. The third-order valence-electron chi connectivity index (χ3n) is 3.38. The smallest absolute Gasteiger partial charge is 0.122 e. The summed E-state index contributed by atoms with van der Waals surface area (Å²) in [6.07, 6.45) is 12.2. The SMILES string of the molecule is C=Cc1cc(CCCCCCCCC)ccc1O. The van der Waals surface area contributed by atoms with Crippen molar-refractivity contribution >= 4 is 6.08 Å². The summed E-state index contributed by atoms with van der Waals surface area (Å²) < 4.78 is 0. The van der Waals surface area contributed by atoms with E-state index >= 15 is 0 Å². The first kappa shape index (κ1) is 14.8. The second-order valence-corrected chi connectivity index (χ2v) is 4.97. The topological polar surface area (TPSA) is 20.2 Å². The normalized spacial score (nSPS) is 10.5. The fourth-order valence-electron chi connectivity index (χ4n) is 2.21. The minimum atomic E-state index is 0.327. The van der Waals surface area contributed by atoms with Crippen LogP contribution in [0.15, 0.2) is 24.8 Å². The molecule has 0 amide bonds. The summed E-state index contributed by atoms with van der Waals surface area (Å²) in [5.74, 6) is 0.327. The van der Waals surface area contributed by atoms with Gasteiger partial charge in [0.15, 0.2) is 0 Å². The molecule has 1 rings (SSSR count). The van der Waals surface area contributed by atoms with Crippen LogP contribution in [0.1, 0.15) is 63.0 Å². The summed E-state index contributed by atoms with van der Waals surface area (Å²) >= 11 is 0. The Labute approximate surface area is 112 Å². The molecule has 1 aromatic rings. The van der Waals surface area contributed by atoms with E-state index in [0.29, 0.717) is 5.75 Å². The van der Waals surface area contributed by atoms with Crippen molar-refractivity contribution in [3.63, 3.8) is 0 Å². The van der Waals surface area contributed by atoms with E-state index in [4.69, 9.17) is 0 Å². The van der Waals surface area contributed by atoms with E-state index in [1.165, 1.54) is 50.5 Å². The molecule has 1 nitrogen and oxygen atoms in total. The molecule has 0 aromatic heterocycles. The number of phenols is 1. The lowest BCUT2D eigenvalue weighted by Gasteiger charge is -2.05. The van der Waals surface area contributed by atoms with Crippen LogP contribution in [0.3, 0.4) is 0 Å². The van der Waals surface area contributed by atoms with Gasteiger partial charge >= 0.3 is 0 Å². The van der Waals surface area contributed by atoms with Crippen LogP contribution in [-0.4, -0.2) is 5.11 Å². The van der Waals surface area contributed by atoms with Gasteiger partial charge in [0.1, 0.15) is 5.75 Å². The maximum absolute atomic E-state index is 9.56. The van der Waals surface area contributed by atoms with Crippen LogP contribution in [0.25, 0.3) is 6.08 Å². The summed E-state index contributed by atoms with van der Waals surface area (Å²) in [5.41, 5.74) is 2.15. The maximum atomic E-state index is 9.56. The monoisotopic (exact) mass is 246 g/mol. The molecule has 0 fully saturated rings. The summed E-state index contributed by atoms with van der Waals surface area (Å²) in [7, 11) is 0. The molecule has 0 aliphatic heterocycles. The van der Waals surface area contributed by atoms with E-state index in [-0.39, 0.29) is 0 Å². The van der Waals surface area contributed by atoms with Gasteiger partial charge in [0, 0.05) is 5.56 Å². The van der Waals surface area contributed by atoms with E-state index < -0.39 is 0 Å². The van der Waals surface area contributed by atoms with E-state index in [9.17, 15) is 5.11 Å². The van der Waals surface area contributed by atoms with Crippen LogP contribution < -0.4 is 0 Å². The number of aryl methyl sites for hydroxylation is 1. The molecule has 1 N–H and O–H groups in total. The van der Waals surface area contributed by atoms with Crippen LogP contribution >= 0.6 is 0 Å². The quantitative estimate of drug-likeness (QED) is 0.584. The van der Waals surface area contributed by atoms with Crippen LogP contribution in [-0.2, 0) is 6.42 Å². The minimum Gasteiger partial charge on any atom is -0.507 e. The van der Waals surface area contributed by atoms with E-state index in [1.807, 2.05) is 12.1 Å². The zero-order valence-corrected chi connectivity index (χ0v) is 11.6. The number of rotatable bonds is 9. The zero-order chi connectivity index (χ0) is 13.2. The van der Waals surface area contributed by atoms with Gasteiger partial charge in [0.05, 0.1) is 0 Å². The molecule has 1 heteroatoms. The average molecular weight is 246 g/mol. The van der Waals surface area contributed by atoms with Crippen LogP contribution in [0.5, 0.6) is 5.75 Å². The summed E-state index contributed by atoms with van der Waals surface area (Å²) in [6.45, 7) is 5.96. The highest BCUT2D eigenvalue weighted by atomic mass is 16.3. The predicted molar refractivity (Wildman–Crippen MR) is 79.9 cm³/mol. The van der Waals surface area contributed by atoms with Crippen LogP contribution in [0.4, 0.5) is 0 Å². The summed E-state index contributed by atoms with van der Waals surface area (Å²) in [4.78, 5) is 0. The lowest BCUT2D eigenvalue weighted by Crippen LogP contribution is -1.88. The fourth-order valence-corrected chi connectivity index (χ4v) is 2.21. The molecule has 1 aromatic carbocycles. The molecule has 0 radical (unpaired) electrons. The number of phenolic OH excluding ortho intramolecular Hbond substituents is 1. The lowest BCUT2D eigenvalue weighted by molar-refractivity contribution is 0.473. The Morgan fingerprint density at radius 1 is 1.06 bits per heavy atom. The molecule has 0 saturated heterocycles. The maximum Gasteiger partial charge on any atom is 0.122 e. The van der Waals surface area contributed by atoms with Crippen molar-refractivity contribution in [2.45, 2.75) is 58.3 Å². The van der Waals surface area contributed by atoms with Crippen LogP contribution in [0.2, 0.25) is 0 Å². The molecule has 0 heterocycles. The van der Waals surface area contributed by atoms with Gasteiger partial charge in [0.2, 0.25) is 0 Å². The number of hydrogen-bond donors (Lipinski definition) is 1. The largest absolute Gasteiger partial charge is 0.507 e. The van der Waals surface area contributed by atoms with Gasteiger partial charge in [-0.15, -0.1) is 0 Å². The second kappa shape index (κ2) is 8.79. The van der Waals surface area contributed by atoms with Crippen molar-refractivity contribution in [1.82, 2.24) is 0 Å². The van der Waals surface area contributed by atoms with Crippen molar-refractivity contribution in [2.24, 2.45) is 0 Å². The minimum absolute atomic E-state index is 0.327. The van der Waals surface area contributed by atoms with Gasteiger partial charge in [-0.2, -0.15) is 0 Å². The standard InChI is InChI=1S/C17H26O/c1-3-5-6-7-8-9-10-11-15-12-13-17(18)16(4-2)14-15/h4,12-14,18H,2-3,5-11H2,1H3. The van der Waals surface area contributed by atoms with Gasteiger partial charge in [-0.05, 0) is 30.5 Å². The first-order chi connectivity index (χ1) is 8.77. The molecule has 100 valence electrons. The molecule has 0 bridgehead atoms. The van der Waals surface area contributed by atoms with Gasteiger partial charge < -0.3 is 5.11 Å². The molecular weight excluding hydrogens is 220 g/mol. The zero-order valence-electron chi connectivity index (χ0n) is 11.6. The highest BCUT2D eigenvalue weighted by molar-refractivity contribution is 5.56. The summed E-state index contributed by atoms with van der Waals surface area (Å²) in [5, 5.41) is 9.56. The number of hydrogen-bond acceptors (Lipinski definition) is 1. The number of benzene rings is 1. The number of aromatic hydroxyl groups is 1. The molecule has 0 aliphatic rings. The van der Waals surface area contributed by atoms with Gasteiger partial charge in [-0.3, -0.25) is 0 Å². The highest BCUT2D eigenvalue weighted by Crippen LogP contribution is 2.20. The van der Waals surface area contributed by atoms with Gasteiger partial charge in [-0.25, -0.2) is 0 Å². The molecule has 0 unspecified atom stereocenters. The van der Waals surface area contributed by atoms with Crippen molar-refractivity contribution in [1.29, 1.82) is 0 Å². The van der Waals surface area contributed by atoms with Crippen molar-refractivity contribution in [3.05, 3.63) is 35.9 Å². The third-order valence-corrected chi connectivity index (χ3v) is 3.38. The first-order valence-corrected chi connectivity index (χ1v) is 7.22. The Hall–Kier alpha value is -1.24. The van der Waals surface area contributed by atoms with Crippen molar-refractivity contribution in [2.75, 3.05) is 0 Å². The molecule has 0 aliphatic carbocycles. The molecule has 0 saturated carbocycles. The predicted octanol–water partition coefficient (Wildman–Crippen LogP) is 5.33. The summed E-state index contributed by atoms with van der Waals surface area (Å²) in [6, 6.07) is 5.83. The van der Waals surface area contributed by atoms with Crippen molar-refractivity contribution < 1.29 is 5.11 Å². The highest BCUT2D eigenvalue weighted by Gasteiger charge is 1.99. The molecule has 0 spiro atoms. The van der Waals surface area contributed by atoms with Gasteiger partial charge in [0.25, 0.3) is 0 Å². The average Bonchev–Trinajstić information content (AvgIpc) is 2.39. The molecule has 18 heavy (non-hydrogen) atoms. The Morgan fingerprint density at radius 2 is 1.72 bits per heavy atom. The van der Waals surface area contributed by atoms with E-state index in [1.54, 1.807) is 12.1 Å². The molecular formula is C17H26O. The van der Waals surface area contributed by atoms with Crippen LogP contribution in [0, 0.1) is 0 Å². The Balaban J connectivity index is 2.21. The Bertz CT molecular complexity index is 355. The molecule has 0 atom stereocenters. The fraction of sp³-hybridized carbons (Fsp3) is 0.529. The van der Waals surface area contributed by atoms with E-state index in [2.05, 4.69) is 13.5 Å². The Morgan fingerprint density at radius 3 is 2.39 bits per heavy atom.